The summed E-state index contributed by atoms with van der Waals surface area (Å²) < 4.78 is 0. The summed E-state index contributed by atoms with van der Waals surface area (Å²) in [7, 11) is 0. The standard InChI is InChI=1S/C15H23N5O/c1-2-12-7-14(18-10-17-12)20-5-3-13(4-6-20)19-15(21)11-8-16-9-11/h7,10-11,13,16H,2-6,8-9H2,1H3,(H,19,21). The zero-order chi connectivity index (χ0) is 14.7. The first-order valence-electron chi connectivity index (χ1n) is 7.83. The summed E-state index contributed by atoms with van der Waals surface area (Å²) in [5, 5.41) is 6.31. The van der Waals surface area contributed by atoms with Crippen LogP contribution in [0.1, 0.15) is 25.5 Å². The molecule has 0 radical (unpaired) electrons. The Kier molecular flexibility index (Phi) is 4.34. The van der Waals surface area contributed by atoms with Gasteiger partial charge < -0.3 is 15.5 Å². The molecule has 0 atom stereocenters. The minimum Gasteiger partial charge on any atom is -0.356 e. The van der Waals surface area contributed by atoms with Crippen molar-refractivity contribution in [3.8, 4) is 0 Å². The molecule has 6 nitrogen and oxygen atoms in total. The van der Waals surface area contributed by atoms with E-state index < -0.39 is 0 Å². The van der Waals surface area contributed by atoms with Gasteiger partial charge in [0.2, 0.25) is 5.91 Å². The monoisotopic (exact) mass is 289 g/mol. The zero-order valence-corrected chi connectivity index (χ0v) is 12.5. The Bertz CT molecular complexity index is 495. The number of amides is 1. The highest BCUT2D eigenvalue weighted by Gasteiger charge is 2.28. The SMILES string of the molecule is CCc1cc(N2CCC(NC(=O)C3CNC3)CC2)ncn1. The summed E-state index contributed by atoms with van der Waals surface area (Å²) >= 11 is 0. The minimum absolute atomic E-state index is 0.178. The van der Waals surface area contributed by atoms with Crippen molar-refractivity contribution in [2.75, 3.05) is 31.1 Å². The molecule has 0 saturated carbocycles. The van der Waals surface area contributed by atoms with E-state index in [0.29, 0.717) is 6.04 Å². The lowest BCUT2D eigenvalue weighted by Gasteiger charge is -2.35. The van der Waals surface area contributed by atoms with Crippen molar-refractivity contribution in [3.63, 3.8) is 0 Å². The summed E-state index contributed by atoms with van der Waals surface area (Å²) in [5.41, 5.74) is 1.08. The van der Waals surface area contributed by atoms with Crippen LogP contribution in [0, 0.1) is 5.92 Å². The van der Waals surface area contributed by atoms with Crippen LogP contribution in [-0.4, -0.2) is 48.1 Å². The third-order valence-corrected chi connectivity index (χ3v) is 4.39. The number of aryl methyl sites for hydroxylation is 1. The number of piperidine rings is 1. The Labute approximate surface area is 125 Å². The predicted octanol–water partition coefficient (Wildman–Crippen LogP) is 0.343. The van der Waals surface area contributed by atoms with E-state index in [4.69, 9.17) is 0 Å². The molecule has 0 aliphatic carbocycles. The lowest BCUT2D eigenvalue weighted by molar-refractivity contribution is -0.127. The van der Waals surface area contributed by atoms with Crippen LogP contribution in [0.4, 0.5) is 5.82 Å². The molecular weight excluding hydrogens is 266 g/mol. The Hall–Kier alpha value is -1.69. The normalized spacial score (nSPS) is 20.1. The van der Waals surface area contributed by atoms with Crippen LogP contribution >= 0.6 is 0 Å². The molecular formula is C15H23N5O. The number of aromatic nitrogens is 2. The van der Waals surface area contributed by atoms with Gasteiger partial charge >= 0.3 is 0 Å². The molecule has 0 aromatic carbocycles. The first-order chi connectivity index (χ1) is 10.3. The Balaban J connectivity index is 1.51. The molecule has 0 unspecified atom stereocenters. The molecule has 2 aliphatic rings. The molecule has 2 fully saturated rings. The molecule has 1 amide bonds. The van der Waals surface area contributed by atoms with Crippen LogP contribution in [0.5, 0.6) is 0 Å². The van der Waals surface area contributed by atoms with Gasteiger partial charge in [-0.2, -0.15) is 0 Å². The fraction of sp³-hybridized carbons (Fsp3) is 0.667. The van der Waals surface area contributed by atoms with Crippen LogP contribution in [0.25, 0.3) is 0 Å². The minimum atomic E-state index is 0.178. The smallest absolute Gasteiger partial charge is 0.225 e. The van der Waals surface area contributed by atoms with Gasteiger partial charge in [0.15, 0.2) is 0 Å². The number of hydrogen-bond donors (Lipinski definition) is 2. The number of anilines is 1. The van der Waals surface area contributed by atoms with E-state index in [0.717, 1.165) is 57.0 Å². The average molecular weight is 289 g/mol. The molecule has 2 aliphatic heterocycles. The quantitative estimate of drug-likeness (QED) is 0.836. The third-order valence-electron chi connectivity index (χ3n) is 4.39. The molecule has 114 valence electrons. The first-order valence-corrected chi connectivity index (χ1v) is 7.83. The second-order valence-electron chi connectivity index (χ2n) is 5.85. The number of nitrogens with zero attached hydrogens (tertiary/aromatic N) is 3. The van der Waals surface area contributed by atoms with E-state index in [1.54, 1.807) is 6.33 Å². The topological polar surface area (TPSA) is 70.2 Å². The average Bonchev–Trinajstić information content (AvgIpc) is 2.46. The predicted molar refractivity (Wildman–Crippen MR) is 81.1 cm³/mol. The molecule has 2 N–H and O–H groups in total. The van der Waals surface area contributed by atoms with Crippen LogP contribution in [0.2, 0.25) is 0 Å². The van der Waals surface area contributed by atoms with Crippen molar-refractivity contribution >= 4 is 11.7 Å². The molecule has 21 heavy (non-hydrogen) atoms. The van der Waals surface area contributed by atoms with Gasteiger partial charge in [-0.05, 0) is 19.3 Å². The molecule has 3 heterocycles. The summed E-state index contributed by atoms with van der Waals surface area (Å²) in [6.07, 6.45) is 4.54. The fourth-order valence-electron chi connectivity index (χ4n) is 2.80. The van der Waals surface area contributed by atoms with Gasteiger partial charge in [-0.1, -0.05) is 6.92 Å². The van der Waals surface area contributed by atoms with Crippen molar-refractivity contribution in [3.05, 3.63) is 18.1 Å². The maximum absolute atomic E-state index is 11.9. The maximum Gasteiger partial charge on any atom is 0.225 e. The summed E-state index contributed by atoms with van der Waals surface area (Å²) in [6, 6.07) is 2.38. The molecule has 1 aromatic rings. The van der Waals surface area contributed by atoms with Crippen LogP contribution in [0.3, 0.4) is 0 Å². The Morgan fingerprint density at radius 2 is 2.14 bits per heavy atom. The molecule has 2 saturated heterocycles. The summed E-state index contributed by atoms with van der Waals surface area (Å²) in [4.78, 5) is 22.8. The van der Waals surface area contributed by atoms with Crippen molar-refractivity contribution in [1.82, 2.24) is 20.6 Å². The molecule has 1 aromatic heterocycles. The van der Waals surface area contributed by atoms with E-state index in [1.807, 2.05) is 0 Å². The van der Waals surface area contributed by atoms with E-state index >= 15 is 0 Å². The van der Waals surface area contributed by atoms with Gasteiger partial charge in [-0.25, -0.2) is 9.97 Å². The van der Waals surface area contributed by atoms with Crippen molar-refractivity contribution in [2.45, 2.75) is 32.2 Å². The van der Waals surface area contributed by atoms with Crippen molar-refractivity contribution in [1.29, 1.82) is 0 Å². The van der Waals surface area contributed by atoms with Gasteiger partial charge in [-0.15, -0.1) is 0 Å². The van der Waals surface area contributed by atoms with Crippen LogP contribution in [0.15, 0.2) is 12.4 Å². The number of carbonyl (C=O) groups is 1. The van der Waals surface area contributed by atoms with Crippen molar-refractivity contribution in [2.24, 2.45) is 5.92 Å². The highest BCUT2D eigenvalue weighted by molar-refractivity contribution is 5.80. The van der Waals surface area contributed by atoms with Crippen molar-refractivity contribution < 1.29 is 4.79 Å². The lowest BCUT2D eigenvalue weighted by atomic mass is 9.99. The molecule has 0 bridgehead atoms. The molecule has 3 rings (SSSR count). The van der Waals surface area contributed by atoms with Crippen LogP contribution in [-0.2, 0) is 11.2 Å². The Morgan fingerprint density at radius 3 is 2.76 bits per heavy atom. The van der Waals surface area contributed by atoms with E-state index in [2.05, 4.69) is 38.5 Å². The lowest BCUT2D eigenvalue weighted by Crippen LogP contribution is -2.54. The number of hydrogen-bond acceptors (Lipinski definition) is 5. The van der Waals surface area contributed by atoms with E-state index in [1.165, 1.54) is 0 Å². The van der Waals surface area contributed by atoms with Gasteiger partial charge in [0.05, 0.1) is 5.92 Å². The Morgan fingerprint density at radius 1 is 1.38 bits per heavy atom. The largest absolute Gasteiger partial charge is 0.356 e. The van der Waals surface area contributed by atoms with Gasteiger partial charge in [0, 0.05) is 44.0 Å². The fourth-order valence-corrected chi connectivity index (χ4v) is 2.80. The first kappa shape index (κ1) is 14.3. The van der Waals surface area contributed by atoms with Gasteiger partial charge in [0.25, 0.3) is 0 Å². The van der Waals surface area contributed by atoms with Gasteiger partial charge in [-0.3, -0.25) is 4.79 Å². The highest BCUT2D eigenvalue weighted by atomic mass is 16.2. The van der Waals surface area contributed by atoms with E-state index in [9.17, 15) is 4.79 Å². The molecule has 0 spiro atoms. The van der Waals surface area contributed by atoms with Crippen LogP contribution < -0.4 is 15.5 Å². The molecule has 6 heteroatoms. The summed E-state index contributed by atoms with van der Waals surface area (Å²) in [6.45, 7) is 5.63. The second kappa shape index (κ2) is 6.39. The second-order valence-corrected chi connectivity index (χ2v) is 5.85. The third kappa shape index (κ3) is 3.32. The number of rotatable bonds is 4. The zero-order valence-electron chi connectivity index (χ0n) is 12.5. The maximum atomic E-state index is 11.9. The summed E-state index contributed by atoms with van der Waals surface area (Å²) in [5.74, 6) is 1.40. The number of nitrogens with one attached hydrogen (secondary N) is 2. The van der Waals surface area contributed by atoms with E-state index in [-0.39, 0.29) is 11.8 Å². The van der Waals surface area contributed by atoms with Gasteiger partial charge in [0.1, 0.15) is 12.1 Å². The highest BCUT2D eigenvalue weighted by Crippen LogP contribution is 2.18. The number of carbonyl (C=O) groups excluding carboxylic acids is 1.